The number of hydrogen-bond acceptors (Lipinski definition) is 5. The quantitative estimate of drug-likeness (QED) is 0.618. The normalized spacial score (nSPS) is 11.0. The van der Waals surface area contributed by atoms with Crippen molar-refractivity contribution in [2.24, 2.45) is 0 Å². The Morgan fingerprint density at radius 1 is 1.33 bits per heavy atom. The molecule has 124 valence electrons. The summed E-state index contributed by atoms with van der Waals surface area (Å²) >= 11 is 4.59. The third kappa shape index (κ3) is 3.14. The number of carbonyl (C=O) groups excluding carboxylic acids is 1. The standard InChI is InChI=1S/C17H15BrN2O3S/c1-3-23-17(22)14-10(2)13-15(24-14)19-9-20(16(13)21)8-11-4-6-12(18)7-5-11/h4-7,9H,3,8H2,1-2H3. The minimum absolute atomic E-state index is 0.146. The number of hydrogen-bond donors (Lipinski definition) is 0. The molecule has 3 aromatic rings. The molecular weight excluding hydrogens is 392 g/mol. The molecule has 5 nitrogen and oxygen atoms in total. The average molecular weight is 407 g/mol. The zero-order chi connectivity index (χ0) is 17.3. The maximum absolute atomic E-state index is 12.8. The van der Waals surface area contributed by atoms with Crippen LogP contribution in [-0.2, 0) is 11.3 Å². The van der Waals surface area contributed by atoms with Gasteiger partial charge < -0.3 is 4.74 Å². The number of benzene rings is 1. The van der Waals surface area contributed by atoms with E-state index in [1.54, 1.807) is 18.4 Å². The van der Waals surface area contributed by atoms with E-state index in [-0.39, 0.29) is 5.56 Å². The molecule has 2 heterocycles. The van der Waals surface area contributed by atoms with E-state index in [0.717, 1.165) is 10.0 Å². The van der Waals surface area contributed by atoms with Gasteiger partial charge in [0.1, 0.15) is 9.71 Å². The Morgan fingerprint density at radius 3 is 2.71 bits per heavy atom. The lowest BCUT2D eigenvalue weighted by Crippen LogP contribution is -2.21. The van der Waals surface area contributed by atoms with Gasteiger partial charge in [0.15, 0.2) is 0 Å². The SMILES string of the molecule is CCOC(=O)c1sc2ncn(Cc3ccc(Br)cc3)c(=O)c2c1C. The van der Waals surface area contributed by atoms with Crippen molar-refractivity contribution < 1.29 is 9.53 Å². The van der Waals surface area contributed by atoms with Crippen LogP contribution in [0, 0.1) is 6.92 Å². The van der Waals surface area contributed by atoms with Crippen LogP contribution in [-0.4, -0.2) is 22.1 Å². The van der Waals surface area contributed by atoms with Crippen molar-refractivity contribution in [1.82, 2.24) is 9.55 Å². The van der Waals surface area contributed by atoms with Gasteiger partial charge in [0.05, 0.1) is 24.9 Å². The zero-order valence-electron chi connectivity index (χ0n) is 13.2. The number of carbonyl (C=O) groups is 1. The number of halogens is 1. The first-order valence-electron chi connectivity index (χ1n) is 7.41. The van der Waals surface area contributed by atoms with Gasteiger partial charge in [-0.2, -0.15) is 0 Å². The molecule has 0 aliphatic rings. The molecule has 0 spiro atoms. The van der Waals surface area contributed by atoms with Gasteiger partial charge in [-0.3, -0.25) is 9.36 Å². The Balaban J connectivity index is 2.04. The number of fused-ring (bicyclic) bond motifs is 1. The van der Waals surface area contributed by atoms with Gasteiger partial charge in [-0.25, -0.2) is 9.78 Å². The Bertz CT molecular complexity index is 960. The predicted octanol–water partition coefficient (Wildman–Crippen LogP) is 3.75. The highest BCUT2D eigenvalue weighted by molar-refractivity contribution is 9.10. The lowest BCUT2D eigenvalue weighted by molar-refractivity contribution is 0.0531. The fourth-order valence-electron chi connectivity index (χ4n) is 2.45. The second kappa shape index (κ2) is 6.86. The summed E-state index contributed by atoms with van der Waals surface area (Å²) in [6.45, 7) is 4.25. The second-order valence-corrected chi connectivity index (χ2v) is 7.18. The first-order valence-corrected chi connectivity index (χ1v) is 9.02. The van der Waals surface area contributed by atoms with Crippen molar-refractivity contribution >= 4 is 43.5 Å². The number of aryl methyl sites for hydroxylation is 1. The van der Waals surface area contributed by atoms with Gasteiger partial charge in [0.2, 0.25) is 0 Å². The van der Waals surface area contributed by atoms with E-state index in [1.165, 1.54) is 17.7 Å². The van der Waals surface area contributed by atoms with Crippen molar-refractivity contribution in [2.75, 3.05) is 6.61 Å². The maximum Gasteiger partial charge on any atom is 0.348 e. The van der Waals surface area contributed by atoms with Crippen LogP contribution in [0.4, 0.5) is 0 Å². The summed E-state index contributed by atoms with van der Waals surface area (Å²) in [5.74, 6) is -0.406. The van der Waals surface area contributed by atoms with E-state index < -0.39 is 5.97 Å². The first kappa shape index (κ1) is 16.9. The number of thiophene rings is 1. The van der Waals surface area contributed by atoms with Gasteiger partial charge in [-0.15, -0.1) is 11.3 Å². The van der Waals surface area contributed by atoms with Crippen LogP contribution in [0.5, 0.6) is 0 Å². The van der Waals surface area contributed by atoms with Crippen LogP contribution in [0.1, 0.15) is 27.7 Å². The molecule has 3 rings (SSSR count). The van der Waals surface area contributed by atoms with E-state index in [0.29, 0.717) is 33.8 Å². The molecule has 0 amide bonds. The zero-order valence-corrected chi connectivity index (χ0v) is 15.6. The van der Waals surface area contributed by atoms with Crippen LogP contribution in [0.15, 0.2) is 39.9 Å². The molecule has 0 saturated carbocycles. The summed E-state index contributed by atoms with van der Waals surface area (Å²) in [5, 5.41) is 0.489. The molecule has 24 heavy (non-hydrogen) atoms. The molecular formula is C17H15BrN2O3S. The van der Waals surface area contributed by atoms with Crippen LogP contribution >= 0.6 is 27.3 Å². The molecule has 2 aromatic heterocycles. The van der Waals surface area contributed by atoms with Crippen LogP contribution in [0.3, 0.4) is 0 Å². The highest BCUT2D eigenvalue weighted by Gasteiger charge is 2.20. The van der Waals surface area contributed by atoms with Gasteiger partial charge in [-0.1, -0.05) is 28.1 Å². The number of ether oxygens (including phenoxy) is 1. The first-order chi connectivity index (χ1) is 11.5. The van der Waals surface area contributed by atoms with Crippen molar-refractivity contribution in [3.63, 3.8) is 0 Å². The summed E-state index contributed by atoms with van der Waals surface area (Å²) in [7, 11) is 0. The fraction of sp³-hybridized carbons (Fsp3) is 0.235. The van der Waals surface area contributed by atoms with Crippen molar-refractivity contribution in [2.45, 2.75) is 20.4 Å². The van der Waals surface area contributed by atoms with Gasteiger partial charge in [-0.05, 0) is 37.1 Å². The highest BCUT2D eigenvalue weighted by Crippen LogP contribution is 2.27. The molecule has 0 aliphatic carbocycles. The van der Waals surface area contributed by atoms with Crippen LogP contribution < -0.4 is 5.56 Å². The van der Waals surface area contributed by atoms with Gasteiger partial charge in [0, 0.05) is 4.47 Å². The summed E-state index contributed by atoms with van der Waals surface area (Å²) in [6, 6.07) is 7.76. The molecule has 0 radical (unpaired) electrons. The lowest BCUT2D eigenvalue weighted by Gasteiger charge is -2.06. The molecule has 1 aromatic carbocycles. The van der Waals surface area contributed by atoms with E-state index >= 15 is 0 Å². The van der Waals surface area contributed by atoms with Crippen LogP contribution in [0.25, 0.3) is 10.2 Å². The molecule has 0 saturated heterocycles. The molecule has 7 heteroatoms. The molecule has 0 N–H and O–H groups in total. The fourth-order valence-corrected chi connectivity index (χ4v) is 3.75. The number of esters is 1. The van der Waals surface area contributed by atoms with Gasteiger partial charge in [0.25, 0.3) is 5.56 Å². The van der Waals surface area contributed by atoms with Crippen LogP contribution in [0.2, 0.25) is 0 Å². The van der Waals surface area contributed by atoms with E-state index in [1.807, 2.05) is 24.3 Å². The summed E-state index contributed by atoms with van der Waals surface area (Å²) in [4.78, 5) is 30.1. The topological polar surface area (TPSA) is 61.2 Å². The second-order valence-electron chi connectivity index (χ2n) is 5.26. The van der Waals surface area contributed by atoms with Crippen molar-refractivity contribution in [3.05, 3.63) is 61.4 Å². The molecule has 0 aliphatic heterocycles. The molecule has 0 unspecified atom stereocenters. The minimum atomic E-state index is -0.406. The molecule has 0 fully saturated rings. The summed E-state index contributed by atoms with van der Waals surface area (Å²) in [6.07, 6.45) is 1.53. The number of aromatic nitrogens is 2. The third-order valence-electron chi connectivity index (χ3n) is 3.64. The number of nitrogens with zero attached hydrogens (tertiary/aromatic N) is 2. The minimum Gasteiger partial charge on any atom is -0.462 e. The van der Waals surface area contributed by atoms with E-state index in [4.69, 9.17) is 4.74 Å². The maximum atomic E-state index is 12.8. The number of rotatable bonds is 4. The molecule has 0 atom stereocenters. The summed E-state index contributed by atoms with van der Waals surface area (Å²) in [5.41, 5.74) is 1.49. The largest absolute Gasteiger partial charge is 0.462 e. The third-order valence-corrected chi connectivity index (χ3v) is 5.35. The lowest BCUT2D eigenvalue weighted by atomic mass is 10.2. The van der Waals surface area contributed by atoms with Gasteiger partial charge >= 0.3 is 5.97 Å². The summed E-state index contributed by atoms with van der Waals surface area (Å²) < 4.78 is 7.59. The van der Waals surface area contributed by atoms with E-state index in [2.05, 4.69) is 20.9 Å². The van der Waals surface area contributed by atoms with Crippen molar-refractivity contribution in [1.29, 1.82) is 0 Å². The Labute approximate surface area is 151 Å². The van der Waals surface area contributed by atoms with Crippen molar-refractivity contribution in [3.8, 4) is 0 Å². The highest BCUT2D eigenvalue weighted by atomic mass is 79.9. The Kier molecular flexibility index (Phi) is 4.82. The monoisotopic (exact) mass is 406 g/mol. The smallest absolute Gasteiger partial charge is 0.348 e. The van der Waals surface area contributed by atoms with E-state index in [9.17, 15) is 9.59 Å². The Morgan fingerprint density at radius 2 is 2.04 bits per heavy atom. The molecule has 0 bridgehead atoms. The average Bonchev–Trinajstić information content (AvgIpc) is 2.90. The Hall–Kier alpha value is -1.99. The predicted molar refractivity (Wildman–Crippen MR) is 97.8 cm³/mol.